The van der Waals surface area contributed by atoms with Crippen LogP contribution in [0.15, 0.2) is 41.1 Å². The van der Waals surface area contributed by atoms with Crippen molar-refractivity contribution in [1.29, 1.82) is 0 Å². The van der Waals surface area contributed by atoms with Crippen LogP contribution in [0.25, 0.3) is 11.0 Å². The Kier molecular flexibility index (Phi) is 3.57. The van der Waals surface area contributed by atoms with Gasteiger partial charge in [-0.25, -0.2) is 0 Å². The molecule has 1 aliphatic heterocycles. The Balaban J connectivity index is 1.69. The molecule has 3 aromatic rings. The van der Waals surface area contributed by atoms with Gasteiger partial charge in [0.05, 0.1) is 12.1 Å². The van der Waals surface area contributed by atoms with Crippen LogP contribution in [0.5, 0.6) is 0 Å². The third-order valence-electron chi connectivity index (χ3n) is 4.54. The number of aromatic nitrogens is 3. The van der Waals surface area contributed by atoms with Gasteiger partial charge < -0.3 is 18.6 Å². The number of benzene rings is 1. The van der Waals surface area contributed by atoms with Gasteiger partial charge in [0.2, 0.25) is 0 Å². The Hall–Kier alpha value is -2.67. The summed E-state index contributed by atoms with van der Waals surface area (Å²) in [4.78, 5) is 14.8. The Morgan fingerprint density at radius 2 is 2.21 bits per heavy atom. The van der Waals surface area contributed by atoms with Gasteiger partial charge in [0.25, 0.3) is 5.91 Å². The first-order chi connectivity index (χ1) is 11.7. The molecule has 24 heavy (non-hydrogen) atoms. The molecule has 7 heteroatoms. The molecule has 2 atom stereocenters. The largest absolute Gasteiger partial charge is 0.451 e. The van der Waals surface area contributed by atoms with E-state index in [2.05, 4.69) is 10.2 Å². The van der Waals surface area contributed by atoms with Gasteiger partial charge in [-0.15, -0.1) is 10.2 Å². The number of carbonyl (C=O) groups is 1. The van der Waals surface area contributed by atoms with Crippen molar-refractivity contribution in [3.8, 4) is 0 Å². The van der Waals surface area contributed by atoms with Crippen LogP contribution in [-0.2, 0) is 11.8 Å². The molecule has 0 aliphatic carbocycles. The molecule has 1 saturated heterocycles. The minimum absolute atomic E-state index is 0.0278. The fraction of sp³-hybridized carbons (Fsp3) is 0.353. The maximum atomic E-state index is 13.0. The van der Waals surface area contributed by atoms with Crippen LogP contribution in [0.1, 0.15) is 28.8 Å². The number of para-hydroxylation sites is 1. The van der Waals surface area contributed by atoms with E-state index >= 15 is 0 Å². The van der Waals surface area contributed by atoms with Crippen LogP contribution in [0, 0.1) is 0 Å². The van der Waals surface area contributed by atoms with E-state index in [1.54, 1.807) is 24.4 Å². The van der Waals surface area contributed by atoms with E-state index in [-0.39, 0.29) is 18.1 Å². The molecule has 0 spiro atoms. The number of ether oxygens (including phenoxy) is 1. The molecule has 1 fully saturated rings. The molecular weight excluding hydrogens is 308 g/mol. The number of likely N-dealkylation sites (tertiary alicyclic amines) is 1. The van der Waals surface area contributed by atoms with Crippen LogP contribution in [0.3, 0.4) is 0 Å². The van der Waals surface area contributed by atoms with E-state index in [4.69, 9.17) is 9.15 Å². The van der Waals surface area contributed by atoms with E-state index in [0.29, 0.717) is 24.3 Å². The Morgan fingerprint density at radius 1 is 1.38 bits per heavy atom. The van der Waals surface area contributed by atoms with Crippen molar-refractivity contribution in [2.75, 3.05) is 13.7 Å². The third-order valence-corrected chi connectivity index (χ3v) is 4.54. The molecule has 3 heterocycles. The first-order valence-electron chi connectivity index (χ1n) is 7.83. The highest BCUT2D eigenvalue weighted by Gasteiger charge is 2.40. The summed E-state index contributed by atoms with van der Waals surface area (Å²) in [6.07, 6.45) is 2.30. The number of amides is 1. The molecule has 1 aliphatic rings. The lowest BCUT2D eigenvalue weighted by molar-refractivity contribution is 0.0655. The molecule has 0 radical (unpaired) electrons. The summed E-state index contributed by atoms with van der Waals surface area (Å²) >= 11 is 0. The lowest BCUT2D eigenvalue weighted by Crippen LogP contribution is -2.32. The molecule has 0 saturated carbocycles. The zero-order valence-electron chi connectivity index (χ0n) is 13.5. The predicted molar refractivity (Wildman–Crippen MR) is 86.4 cm³/mol. The summed E-state index contributed by atoms with van der Waals surface area (Å²) < 4.78 is 13.0. The summed E-state index contributed by atoms with van der Waals surface area (Å²) in [5.41, 5.74) is 0.707. The smallest absolute Gasteiger partial charge is 0.290 e. The first-order valence-corrected chi connectivity index (χ1v) is 7.83. The molecule has 124 valence electrons. The number of hydrogen-bond donors (Lipinski definition) is 0. The molecule has 4 rings (SSSR count). The number of carbonyl (C=O) groups excluding carboxylic acids is 1. The fourth-order valence-electron chi connectivity index (χ4n) is 3.26. The average Bonchev–Trinajstić information content (AvgIpc) is 3.30. The topological polar surface area (TPSA) is 73.4 Å². The lowest BCUT2D eigenvalue weighted by atomic mass is 10.2. The van der Waals surface area contributed by atoms with Crippen LogP contribution < -0.4 is 0 Å². The molecule has 1 aromatic carbocycles. The minimum Gasteiger partial charge on any atom is -0.451 e. The van der Waals surface area contributed by atoms with Crippen LogP contribution in [-0.4, -0.2) is 45.3 Å². The van der Waals surface area contributed by atoms with Gasteiger partial charge in [-0.2, -0.15) is 0 Å². The summed E-state index contributed by atoms with van der Waals surface area (Å²) in [6, 6.07) is 9.20. The zero-order valence-corrected chi connectivity index (χ0v) is 13.5. The van der Waals surface area contributed by atoms with Crippen LogP contribution >= 0.6 is 0 Å². The Bertz CT molecular complexity index is 852. The summed E-state index contributed by atoms with van der Waals surface area (Å²) in [6.45, 7) is 0.504. The average molecular weight is 326 g/mol. The molecule has 0 N–H and O–H groups in total. The van der Waals surface area contributed by atoms with Gasteiger partial charge in [0, 0.05) is 32.5 Å². The number of furan rings is 1. The molecule has 2 aromatic heterocycles. The highest BCUT2D eigenvalue weighted by molar-refractivity contribution is 5.96. The second kappa shape index (κ2) is 5.76. The fourth-order valence-corrected chi connectivity index (χ4v) is 3.26. The third kappa shape index (κ3) is 2.37. The summed E-state index contributed by atoms with van der Waals surface area (Å²) in [5, 5.41) is 9.01. The standard InChI is InChI=1S/C17H18N4O3/c1-20-10-18-19-16(20)13-8-12(23-2)9-21(13)17(22)15-7-11-5-3-4-6-14(11)24-15/h3-7,10,12-13H,8-9H2,1-2H3/t12-,13+/m1/s1. The van der Waals surface area contributed by atoms with Gasteiger partial charge in [0.15, 0.2) is 11.6 Å². The van der Waals surface area contributed by atoms with Crippen LogP contribution in [0.2, 0.25) is 0 Å². The summed E-state index contributed by atoms with van der Waals surface area (Å²) in [5.74, 6) is 0.929. The van der Waals surface area contributed by atoms with Crippen molar-refractivity contribution in [1.82, 2.24) is 19.7 Å². The van der Waals surface area contributed by atoms with E-state index in [1.165, 1.54) is 0 Å². The van der Waals surface area contributed by atoms with Crippen LogP contribution in [0.4, 0.5) is 0 Å². The minimum atomic E-state index is -0.178. The maximum absolute atomic E-state index is 13.0. The highest BCUT2D eigenvalue weighted by Crippen LogP contribution is 2.34. The molecular formula is C17H18N4O3. The number of nitrogens with zero attached hydrogens (tertiary/aromatic N) is 4. The van der Waals surface area contributed by atoms with E-state index < -0.39 is 0 Å². The molecule has 0 unspecified atom stereocenters. The van der Waals surface area contributed by atoms with Gasteiger partial charge in [-0.3, -0.25) is 4.79 Å². The summed E-state index contributed by atoms with van der Waals surface area (Å²) in [7, 11) is 3.53. The van der Waals surface area contributed by atoms with Crippen molar-refractivity contribution < 1.29 is 13.9 Å². The SMILES string of the molecule is CO[C@@H]1C[C@@H](c2nncn2C)N(C(=O)c2cc3ccccc3o2)C1. The normalized spacial score (nSPS) is 20.8. The number of methoxy groups -OCH3 is 1. The van der Waals surface area contributed by atoms with Crippen molar-refractivity contribution in [3.63, 3.8) is 0 Å². The van der Waals surface area contributed by atoms with Gasteiger partial charge in [0.1, 0.15) is 11.9 Å². The maximum Gasteiger partial charge on any atom is 0.290 e. The quantitative estimate of drug-likeness (QED) is 0.737. The van der Waals surface area contributed by atoms with Crippen molar-refractivity contribution in [3.05, 3.63) is 48.2 Å². The monoisotopic (exact) mass is 326 g/mol. The number of aryl methyl sites for hydroxylation is 1. The Morgan fingerprint density at radius 3 is 2.92 bits per heavy atom. The highest BCUT2D eigenvalue weighted by atomic mass is 16.5. The first kappa shape index (κ1) is 14.9. The second-order valence-electron chi connectivity index (χ2n) is 6.02. The van der Waals surface area contributed by atoms with Crippen molar-refractivity contribution in [2.45, 2.75) is 18.6 Å². The zero-order chi connectivity index (χ0) is 16.7. The van der Waals surface area contributed by atoms with Crippen molar-refractivity contribution in [2.24, 2.45) is 7.05 Å². The second-order valence-corrected chi connectivity index (χ2v) is 6.02. The Labute approximate surface area is 138 Å². The lowest BCUT2D eigenvalue weighted by Gasteiger charge is -2.22. The van der Waals surface area contributed by atoms with E-state index in [1.807, 2.05) is 35.9 Å². The number of rotatable bonds is 3. The van der Waals surface area contributed by atoms with Crippen molar-refractivity contribution >= 4 is 16.9 Å². The predicted octanol–water partition coefficient (Wildman–Crippen LogP) is 2.16. The van der Waals surface area contributed by atoms with E-state index in [0.717, 1.165) is 11.2 Å². The number of fused-ring (bicyclic) bond motifs is 1. The molecule has 1 amide bonds. The van der Waals surface area contributed by atoms with Gasteiger partial charge >= 0.3 is 0 Å². The number of hydrogen-bond acceptors (Lipinski definition) is 5. The molecule has 0 bridgehead atoms. The van der Waals surface area contributed by atoms with E-state index in [9.17, 15) is 4.79 Å². The van der Waals surface area contributed by atoms with Gasteiger partial charge in [-0.1, -0.05) is 18.2 Å². The van der Waals surface area contributed by atoms with Gasteiger partial charge in [-0.05, 0) is 12.1 Å². The molecule has 7 nitrogen and oxygen atoms in total.